The van der Waals surface area contributed by atoms with Gasteiger partial charge in [-0.3, -0.25) is 14.8 Å². The van der Waals surface area contributed by atoms with E-state index in [-0.39, 0.29) is 11.6 Å². The summed E-state index contributed by atoms with van der Waals surface area (Å²) in [5.74, 6) is 2.40. The summed E-state index contributed by atoms with van der Waals surface area (Å²) in [7, 11) is 3.39. The molecule has 182 valence electrons. The van der Waals surface area contributed by atoms with Crippen LogP contribution in [0.5, 0.6) is 11.5 Å². The molecule has 1 atom stereocenters. The van der Waals surface area contributed by atoms with E-state index in [1.165, 1.54) is 5.56 Å². The Morgan fingerprint density at radius 1 is 1.00 bits per heavy atom. The molecule has 0 N–H and O–H groups in total. The molecule has 9 nitrogen and oxygen atoms in total. The Kier molecular flexibility index (Phi) is 7.43. The smallest absolute Gasteiger partial charge is 0.173 e. The predicted octanol–water partition coefficient (Wildman–Crippen LogP) is 3.14. The highest BCUT2D eigenvalue weighted by atomic mass is 16.5. The van der Waals surface area contributed by atoms with Gasteiger partial charge in [0.15, 0.2) is 5.82 Å². The second kappa shape index (κ2) is 10.5. The lowest BCUT2D eigenvalue weighted by Crippen LogP contribution is -2.48. The van der Waals surface area contributed by atoms with Gasteiger partial charge in [-0.15, -0.1) is 5.10 Å². The Balaban J connectivity index is 1.67. The summed E-state index contributed by atoms with van der Waals surface area (Å²) < 4.78 is 13.3. The zero-order valence-corrected chi connectivity index (χ0v) is 20.8. The van der Waals surface area contributed by atoms with E-state index in [4.69, 9.17) is 9.47 Å². The van der Waals surface area contributed by atoms with Gasteiger partial charge >= 0.3 is 0 Å². The molecule has 3 heterocycles. The predicted molar refractivity (Wildman–Crippen MR) is 130 cm³/mol. The summed E-state index contributed by atoms with van der Waals surface area (Å²) in [4.78, 5) is 9.06. The van der Waals surface area contributed by atoms with E-state index in [1.807, 2.05) is 35.3 Å². The fourth-order valence-corrected chi connectivity index (χ4v) is 4.42. The van der Waals surface area contributed by atoms with Crippen molar-refractivity contribution in [2.45, 2.75) is 45.3 Å². The van der Waals surface area contributed by atoms with Crippen LogP contribution in [0.2, 0.25) is 0 Å². The highest BCUT2D eigenvalue weighted by Gasteiger charge is 2.35. The maximum absolute atomic E-state index is 5.79. The van der Waals surface area contributed by atoms with Crippen LogP contribution in [0.15, 0.2) is 42.7 Å². The van der Waals surface area contributed by atoms with E-state index in [0.29, 0.717) is 0 Å². The standard InChI is InChI=1S/C25H35N7O2/c1-6-25(2,3)32-24(27-28-29-32)23(21-17-20(33-4)7-8-22(21)34-5)31-15-13-30(14-16-31)18-19-9-11-26-12-10-19/h7-12,17,23H,6,13-16,18H2,1-5H3. The summed E-state index contributed by atoms with van der Waals surface area (Å²) in [5, 5.41) is 13.0. The minimum absolute atomic E-state index is 0.158. The van der Waals surface area contributed by atoms with Crippen LogP contribution in [-0.2, 0) is 12.1 Å². The van der Waals surface area contributed by atoms with Gasteiger partial charge in [-0.25, -0.2) is 4.68 Å². The summed E-state index contributed by atoms with van der Waals surface area (Å²) in [6.45, 7) is 11.1. The molecule has 1 unspecified atom stereocenters. The van der Waals surface area contributed by atoms with Gasteiger partial charge in [-0.2, -0.15) is 0 Å². The van der Waals surface area contributed by atoms with Crippen molar-refractivity contribution in [3.05, 3.63) is 59.7 Å². The first-order valence-electron chi connectivity index (χ1n) is 11.8. The van der Waals surface area contributed by atoms with Gasteiger partial charge in [0.2, 0.25) is 0 Å². The van der Waals surface area contributed by atoms with Crippen LogP contribution in [-0.4, -0.2) is 75.4 Å². The largest absolute Gasteiger partial charge is 0.497 e. The molecule has 0 spiro atoms. The maximum Gasteiger partial charge on any atom is 0.173 e. The van der Waals surface area contributed by atoms with Gasteiger partial charge in [-0.1, -0.05) is 6.92 Å². The number of ether oxygens (including phenoxy) is 2. The number of hydrogen-bond donors (Lipinski definition) is 0. The molecule has 1 saturated heterocycles. The zero-order chi connectivity index (χ0) is 24.1. The average molecular weight is 466 g/mol. The number of benzene rings is 1. The van der Waals surface area contributed by atoms with Gasteiger partial charge < -0.3 is 9.47 Å². The first-order chi connectivity index (χ1) is 16.5. The first kappa shape index (κ1) is 24.1. The van der Waals surface area contributed by atoms with Crippen molar-refractivity contribution in [3.8, 4) is 11.5 Å². The number of rotatable bonds is 9. The highest BCUT2D eigenvalue weighted by Crippen LogP contribution is 2.38. The topological polar surface area (TPSA) is 81.4 Å². The Morgan fingerprint density at radius 3 is 2.38 bits per heavy atom. The molecule has 2 aromatic heterocycles. The number of methoxy groups -OCH3 is 2. The average Bonchev–Trinajstić information content (AvgIpc) is 3.36. The van der Waals surface area contributed by atoms with E-state index in [2.05, 4.69) is 63.2 Å². The number of pyridine rings is 1. The molecule has 0 aliphatic carbocycles. The molecule has 0 bridgehead atoms. The fourth-order valence-electron chi connectivity index (χ4n) is 4.42. The van der Waals surface area contributed by atoms with Crippen LogP contribution in [0.4, 0.5) is 0 Å². The monoisotopic (exact) mass is 465 g/mol. The third kappa shape index (κ3) is 5.05. The quantitative estimate of drug-likeness (QED) is 0.477. The van der Waals surface area contributed by atoms with Crippen LogP contribution in [0.3, 0.4) is 0 Å². The summed E-state index contributed by atoms with van der Waals surface area (Å²) in [5.41, 5.74) is 2.07. The minimum Gasteiger partial charge on any atom is -0.497 e. The molecular weight excluding hydrogens is 430 g/mol. The maximum atomic E-state index is 5.79. The van der Waals surface area contributed by atoms with Crippen LogP contribution in [0.25, 0.3) is 0 Å². The Labute approximate surface area is 201 Å². The molecule has 34 heavy (non-hydrogen) atoms. The molecule has 1 aromatic carbocycles. The molecule has 9 heteroatoms. The van der Waals surface area contributed by atoms with Crippen molar-refractivity contribution in [1.29, 1.82) is 0 Å². The number of nitrogens with zero attached hydrogens (tertiary/aromatic N) is 7. The molecule has 0 amide bonds. The van der Waals surface area contributed by atoms with Gasteiger partial charge in [0.1, 0.15) is 17.5 Å². The first-order valence-corrected chi connectivity index (χ1v) is 11.8. The molecule has 4 rings (SSSR count). The number of piperazine rings is 1. The number of hydrogen-bond acceptors (Lipinski definition) is 8. The highest BCUT2D eigenvalue weighted by molar-refractivity contribution is 5.44. The van der Waals surface area contributed by atoms with Crippen LogP contribution in [0.1, 0.15) is 50.2 Å². The minimum atomic E-state index is -0.216. The molecule has 0 saturated carbocycles. The summed E-state index contributed by atoms with van der Waals surface area (Å²) in [6.07, 6.45) is 4.62. The van der Waals surface area contributed by atoms with E-state index >= 15 is 0 Å². The van der Waals surface area contributed by atoms with E-state index in [0.717, 1.165) is 62.0 Å². The van der Waals surface area contributed by atoms with Crippen LogP contribution < -0.4 is 9.47 Å². The van der Waals surface area contributed by atoms with E-state index in [1.54, 1.807) is 14.2 Å². The third-order valence-corrected chi connectivity index (χ3v) is 6.84. The fraction of sp³-hybridized carbons (Fsp3) is 0.520. The third-order valence-electron chi connectivity index (χ3n) is 6.84. The Hall–Kier alpha value is -3.04. The molecule has 1 aliphatic rings. The Bertz CT molecular complexity index is 1060. The number of tetrazole rings is 1. The number of aromatic nitrogens is 5. The van der Waals surface area contributed by atoms with E-state index in [9.17, 15) is 0 Å². The van der Waals surface area contributed by atoms with Crippen molar-refractivity contribution >= 4 is 0 Å². The van der Waals surface area contributed by atoms with Crippen LogP contribution in [0, 0.1) is 0 Å². The normalized spacial score (nSPS) is 16.4. The lowest BCUT2D eigenvalue weighted by molar-refractivity contribution is 0.0962. The van der Waals surface area contributed by atoms with Crippen molar-refractivity contribution < 1.29 is 9.47 Å². The lowest BCUT2D eigenvalue weighted by atomic mass is 9.98. The van der Waals surface area contributed by atoms with Crippen LogP contribution >= 0.6 is 0 Å². The van der Waals surface area contributed by atoms with Gasteiger partial charge in [0.25, 0.3) is 0 Å². The van der Waals surface area contributed by atoms with E-state index < -0.39 is 0 Å². The second-order valence-electron chi connectivity index (χ2n) is 9.29. The second-order valence-corrected chi connectivity index (χ2v) is 9.29. The van der Waals surface area contributed by atoms with Gasteiger partial charge in [-0.05, 0) is 66.6 Å². The van der Waals surface area contributed by atoms with Crippen molar-refractivity contribution in [2.24, 2.45) is 0 Å². The summed E-state index contributed by atoms with van der Waals surface area (Å²) in [6, 6.07) is 9.93. The van der Waals surface area contributed by atoms with Crippen molar-refractivity contribution in [1.82, 2.24) is 35.0 Å². The van der Waals surface area contributed by atoms with Gasteiger partial charge in [0, 0.05) is 50.7 Å². The SMILES string of the molecule is CCC(C)(C)n1nnnc1C(c1cc(OC)ccc1OC)N1CCN(Cc2ccncc2)CC1. The van der Waals surface area contributed by atoms with Gasteiger partial charge in [0.05, 0.1) is 19.8 Å². The Morgan fingerprint density at radius 2 is 1.74 bits per heavy atom. The zero-order valence-electron chi connectivity index (χ0n) is 20.8. The molecule has 1 aliphatic heterocycles. The molecule has 3 aromatic rings. The molecular formula is C25H35N7O2. The van der Waals surface area contributed by atoms with Crippen molar-refractivity contribution in [3.63, 3.8) is 0 Å². The molecule has 1 fully saturated rings. The van der Waals surface area contributed by atoms with Crippen molar-refractivity contribution in [2.75, 3.05) is 40.4 Å². The summed E-state index contributed by atoms with van der Waals surface area (Å²) >= 11 is 0. The lowest BCUT2D eigenvalue weighted by Gasteiger charge is -2.40. The molecule has 0 radical (unpaired) electrons.